The summed E-state index contributed by atoms with van der Waals surface area (Å²) in [5.41, 5.74) is 2.25. The molecule has 1 aromatic carbocycles. The quantitative estimate of drug-likeness (QED) is 0.663. The normalized spacial score (nSPS) is 24.6. The van der Waals surface area contributed by atoms with E-state index in [1.807, 2.05) is 6.92 Å². The molecular formula is C14H19F3N2O2. The van der Waals surface area contributed by atoms with E-state index in [0.717, 1.165) is 12.8 Å². The second-order valence-corrected chi connectivity index (χ2v) is 5.30. The topological polar surface area (TPSA) is 56.5 Å². The fourth-order valence-corrected chi connectivity index (χ4v) is 2.71. The van der Waals surface area contributed by atoms with Crippen LogP contribution < -0.4 is 16.0 Å². The lowest BCUT2D eigenvalue weighted by Crippen LogP contribution is -2.48. The van der Waals surface area contributed by atoms with Crippen molar-refractivity contribution in [2.75, 3.05) is 6.61 Å². The zero-order valence-corrected chi connectivity index (χ0v) is 11.7. The first-order valence-corrected chi connectivity index (χ1v) is 6.80. The number of hydrazine groups is 1. The van der Waals surface area contributed by atoms with Crippen LogP contribution in [0.1, 0.15) is 37.8 Å². The van der Waals surface area contributed by atoms with Crippen molar-refractivity contribution in [1.29, 1.82) is 0 Å². The van der Waals surface area contributed by atoms with E-state index in [2.05, 4.69) is 10.2 Å². The first-order chi connectivity index (χ1) is 9.86. The highest BCUT2D eigenvalue weighted by Crippen LogP contribution is 2.40. The number of rotatable bonds is 4. The van der Waals surface area contributed by atoms with E-state index in [1.165, 1.54) is 12.1 Å². The number of halogens is 3. The SMILES string of the molecule is CC1(C(NN)c2ccccc2OC(F)(F)F)CCCCO1. The van der Waals surface area contributed by atoms with Gasteiger partial charge in [-0.1, -0.05) is 18.2 Å². The fraction of sp³-hybridized carbons (Fsp3) is 0.571. The summed E-state index contributed by atoms with van der Waals surface area (Å²) in [6.45, 7) is 2.41. The maximum atomic E-state index is 12.5. The van der Waals surface area contributed by atoms with Crippen molar-refractivity contribution in [2.24, 2.45) is 5.84 Å². The lowest BCUT2D eigenvalue weighted by molar-refractivity contribution is -0.275. The monoisotopic (exact) mass is 304 g/mol. The predicted octanol–water partition coefficient (Wildman–Crippen LogP) is 3.05. The smallest absolute Gasteiger partial charge is 0.405 e. The molecule has 21 heavy (non-hydrogen) atoms. The third-order valence-corrected chi connectivity index (χ3v) is 3.73. The molecule has 1 aromatic rings. The molecule has 0 aromatic heterocycles. The van der Waals surface area contributed by atoms with Gasteiger partial charge in [0.05, 0.1) is 11.6 Å². The van der Waals surface area contributed by atoms with Crippen molar-refractivity contribution in [3.8, 4) is 5.75 Å². The molecule has 1 heterocycles. The Morgan fingerprint density at radius 2 is 2.05 bits per heavy atom. The Bertz CT molecular complexity index is 474. The molecule has 0 bridgehead atoms. The number of nitrogens with two attached hydrogens (primary N) is 1. The third kappa shape index (κ3) is 3.87. The summed E-state index contributed by atoms with van der Waals surface area (Å²) in [6, 6.07) is 5.39. The Morgan fingerprint density at radius 3 is 2.62 bits per heavy atom. The van der Waals surface area contributed by atoms with Crippen LogP contribution in [0.4, 0.5) is 13.2 Å². The van der Waals surface area contributed by atoms with Gasteiger partial charge in [-0.25, -0.2) is 5.43 Å². The average Bonchev–Trinajstić information content (AvgIpc) is 2.40. The molecule has 0 saturated carbocycles. The summed E-state index contributed by atoms with van der Waals surface area (Å²) >= 11 is 0. The van der Waals surface area contributed by atoms with Gasteiger partial charge in [0.25, 0.3) is 0 Å². The lowest BCUT2D eigenvalue weighted by Gasteiger charge is -2.40. The van der Waals surface area contributed by atoms with Crippen LogP contribution in [0.15, 0.2) is 24.3 Å². The second-order valence-electron chi connectivity index (χ2n) is 5.30. The summed E-state index contributed by atoms with van der Waals surface area (Å²) in [5, 5.41) is 0. The molecule has 1 aliphatic heterocycles. The molecule has 0 radical (unpaired) electrons. The molecule has 0 amide bonds. The first kappa shape index (κ1) is 16.1. The minimum absolute atomic E-state index is 0.261. The lowest BCUT2D eigenvalue weighted by atomic mass is 9.84. The Labute approximate surface area is 121 Å². The molecule has 2 rings (SSSR count). The molecule has 4 nitrogen and oxygen atoms in total. The highest BCUT2D eigenvalue weighted by atomic mass is 19.4. The van der Waals surface area contributed by atoms with Gasteiger partial charge in [0.15, 0.2) is 0 Å². The molecule has 2 unspecified atom stereocenters. The van der Waals surface area contributed by atoms with E-state index >= 15 is 0 Å². The van der Waals surface area contributed by atoms with E-state index in [4.69, 9.17) is 10.6 Å². The van der Waals surface area contributed by atoms with Crippen LogP contribution in [-0.4, -0.2) is 18.6 Å². The summed E-state index contributed by atoms with van der Waals surface area (Å²) < 4.78 is 47.4. The summed E-state index contributed by atoms with van der Waals surface area (Å²) in [4.78, 5) is 0. The van der Waals surface area contributed by atoms with Crippen molar-refractivity contribution in [3.63, 3.8) is 0 Å². The molecule has 7 heteroatoms. The molecule has 3 N–H and O–H groups in total. The summed E-state index contributed by atoms with van der Waals surface area (Å²) in [7, 11) is 0. The largest absolute Gasteiger partial charge is 0.573 e. The molecule has 1 fully saturated rings. The zero-order valence-electron chi connectivity index (χ0n) is 11.7. The molecule has 2 atom stereocenters. The Hall–Kier alpha value is -1.31. The molecule has 1 saturated heterocycles. The Morgan fingerprint density at radius 1 is 1.33 bits per heavy atom. The number of hydrogen-bond acceptors (Lipinski definition) is 4. The first-order valence-electron chi connectivity index (χ1n) is 6.80. The second kappa shape index (κ2) is 6.21. The van der Waals surface area contributed by atoms with Crippen LogP contribution in [0.5, 0.6) is 5.75 Å². The highest BCUT2D eigenvalue weighted by Gasteiger charge is 2.40. The van der Waals surface area contributed by atoms with E-state index in [0.29, 0.717) is 18.6 Å². The summed E-state index contributed by atoms with van der Waals surface area (Å²) in [6.07, 6.45) is -2.16. The number of alkyl halides is 3. The molecule has 1 aliphatic rings. The van der Waals surface area contributed by atoms with Crippen molar-refractivity contribution >= 4 is 0 Å². The maximum Gasteiger partial charge on any atom is 0.573 e. The van der Waals surface area contributed by atoms with E-state index in [-0.39, 0.29) is 5.75 Å². The minimum Gasteiger partial charge on any atom is -0.405 e. The van der Waals surface area contributed by atoms with Gasteiger partial charge in [-0.05, 0) is 32.3 Å². The van der Waals surface area contributed by atoms with Gasteiger partial charge in [0, 0.05) is 12.2 Å². The minimum atomic E-state index is -4.75. The standard InChI is InChI=1S/C14H19F3N2O2/c1-13(8-4-5-9-20-13)12(19-18)10-6-2-3-7-11(10)21-14(15,16)17/h2-3,6-7,12,19H,4-5,8-9,18H2,1H3. The van der Waals surface area contributed by atoms with E-state index in [9.17, 15) is 13.2 Å². The summed E-state index contributed by atoms with van der Waals surface area (Å²) in [5.74, 6) is 5.33. The number of para-hydroxylation sites is 1. The number of hydrogen-bond donors (Lipinski definition) is 2. The van der Waals surface area contributed by atoms with Crippen LogP contribution in [0.25, 0.3) is 0 Å². The highest BCUT2D eigenvalue weighted by molar-refractivity contribution is 5.37. The number of nitrogens with one attached hydrogen (secondary N) is 1. The van der Waals surface area contributed by atoms with Crippen LogP contribution in [-0.2, 0) is 4.74 Å². The zero-order chi connectivity index (χ0) is 15.5. The van der Waals surface area contributed by atoms with Crippen molar-refractivity contribution in [2.45, 2.75) is 44.2 Å². The fourth-order valence-electron chi connectivity index (χ4n) is 2.71. The van der Waals surface area contributed by atoms with Gasteiger partial charge in [-0.15, -0.1) is 13.2 Å². The van der Waals surface area contributed by atoms with E-state index < -0.39 is 18.0 Å². The predicted molar refractivity (Wildman–Crippen MR) is 71.4 cm³/mol. The van der Waals surface area contributed by atoms with Gasteiger partial charge in [-0.2, -0.15) is 0 Å². The molecule has 0 aliphatic carbocycles. The van der Waals surface area contributed by atoms with Crippen LogP contribution >= 0.6 is 0 Å². The Kier molecular flexibility index (Phi) is 4.75. The van der Waals surface area contributed by atoms with Gasteiger partial charge in [0.1, 0.15) is 5.75 Å². The van der Waals surface area contributed by atoms with Crippen LogP contribution in [0, 0.1) is 0 Å². The van der Waals surface area contributed by atoms with E-state index in [1.54, 1.807) is 12.1 Å². The average molecular weight is 304 g/mol. The van der Waals surface area contributed by atoms with Crippen molar-refractivity contribution < 1.29 is 22.6 Å². The van der Waals surface area contributed by atoms with Gasteiger partial charge in [-0.3, -0.25) is 5.84 Å². The number of benzene rings is 1. The molecule has 0 spiro atoms. The van der Waals surface area contributed by atoms with Crippen molar-refractivity contribution in [1.82, 2.24) is 5.43 Å². The van der Waals surface area contributed by atoms with Crippen LogP contribution in [0.3, 0.4) is 0 Å². The van der Waals surface area contributed by atoms with Gasteiger partial charge >= 0.3 is 6.36 Å². The van der Waals surface area contributed by atoms with Crippen LogP contribution in [0.2, 0.25) is 0 Å². The molecular weight excluding hydrogens is 285 g/mol. The third-order valence-electron chi connectivity index (χ3n) is 3.73. The Balaban J connectivity index is 2.33. The van der Waals surface area contributed by atoms with Gasteiger partial charge in [0.2, 0.25) is 0 Å². The number of ether oxygens (including phenoxy) is 2. The van der Waals surface area contributed by atoms with Crippen molar-refractivity contribution in [3.05, 3.63) is 29.8 Å². The molecule has 118 valence electrons. The van der Waals surface area contributed by atoms with Gasteiger partial charge < -0.3 is 9.47 Å². The maximum absolute atomic E-state index is 12.5.